The van der Waals surface area contributed by atoms with Gasteiger partial charge in [-0.2, -0.15) is 0 Å². The Labute approximate surface area is 80.4 Å². The van der Waals surface area contributed by atoms with Gasteiger partial charge in [-0.25, -0.2) is 4.79 Å². The summed E-state index contributed by atoms with van der Waals surface area (Å²) in [5.74, 6) is -0.656. The third kappa shape index (κ3) is 2.30. The molecule has 0 aromatic carbocycles. The molecule has 0 amide bonds. The second-order valence-corrected chi connectivity index (χ2v) is 2.88. The number of hydrogen-bond donors (Lipinski definition) is 3. The lowest BCUT2D eigenvalue weighted by Gasteiger charge is -2.13. The van der Waals surface area contributed by atoms with Crippen LogP contribution in [-0.2, 0) is 14.3 Å². The Kier molecular flexibility index (Phi) is 3.59. The lowest BCUT2D eigenvalue weighted by atomic mass is 10.1. The Morgan fingerprint density at radius 2 is 2.07 bits per heavy atom. The zero-order valence-electron chi connectivity index (χ0n) is 7.37. The zero-order valence-corrected chi connectivity index (χ0v) is 7.37. The minimum atomic E-state index is -1.45. The van der Waals surface area contributed by atoms with E-state index in [1.807, 2.05) is 0 Å². The topological polar surface area (TPSA) is 96.2 Å². The summed E-state index contributed by atoms with van der Waals surface area (Å²) in [4.78, 5) is 10.6. The van der Waals surface area contributed by atoms with Crippen LogP contribution in [0.4, 0.5) is 0 Å². The highest BCUT2D eigenvalue weighted by atomic mass is 16.7. The van der Waals surface area contributed by atoms with Gasteiger partial charge in [-0.05, 0) is 0 Å². The van der Waals surface area contributed by atoms with Crippen LogP contribution >= 0.6 is 0 Å². The van der Waals surface area contributed by atoms with Crippen LogP contribution in [0.1, 0.15) is 0 Å². The highest BCUT2D eigenvalue weighted by molar-refractivity contribution is 5.81. The summed E-state index contributed by atoms with van der Waals surface area (Å²) in [6.45, 7) is 2.94. The minimum absolute atomic E-state index is 0.236. The normalized spacial score (nSPS) is 36.8. The Balaban J connectivity index is 2.39. The van der Waals surface area contributed by atoms with Crippen LogP contribution in [-0.4, -0.2) is 52.5 Å². The first-order chi connectivity index (χ1) is 6.56. The summed E-state index contributed by atoms with van der Waals surface area (Å²) in [6.07, 6.45) is -4.03. The highest BCUT2D eigenvalue weighted by Gasteiger charge is 2.42. The van der Waals surface area contributed by atoms with E-state index in [-0.39, 0.29) is 6.61 Å². The Bertz CT molecular complexity index is 228. The van der Waals surface area contributed by atoms with Crippen molar-refractivity contribution in [2.45, 2.75) is 24.6 Å². The molecule has 0 unspecified atom stereocenters. The number of hydrogen-bond acceptors (Lipinski definition) is 6. The number of aliphatic hydroxyl groups is 3. The van der Waals surface area contributed by atoms with Crippen LogP contribution in [0.25, 0.3) is 0 Å². The van der Waals surface area contributed by atoms with Crippen molar-refractivity contribution in [1.82, 2.24) is 0 Å². The molecule has 1 aliphatic rings. The average Bonchev–Trinajstić information content (AvgIpc) is 2.42. The minimum Gasteiger partial charge on any atom is -0.460 e. The van der Waals surface area contributed by atoms with Gasteiger partial charge in [0.2, 0.25) is 0 Å². The quantitative estimate of drug-likeness (QED) is 0.369. The van der Waals surface area contributed by atoms with Crippen LogP contribution < -0.4 is 0 Å². The second-order valence-electron chi connectivity index (χ2n) is 2.88. The van der Waals surface area contributed by atoms with E-state index in [2.05, 4.69) is 11.3 Å². The summed E-state index contributed by atoms with van der Waals surface area (Å²) in [7, 11) is 0. The van der Waals surface area contributed by atoms with Gasteiger partial charge in [0.15, 0.2) is 6.29 Å². The molecule has 4 atom stereocenters. The number of ether oxygens (including phenoxy) is 2. The summed E-state index contributed by atoms with van der Waals surface area (Å²) in [6, 6.07) is 0. The van der Waals surface area contributed by atoms with Gasteiger partial charge in [0.1, 0.15) is 24.9 Å². The first-order valence-electron chi connectivity index (χ1n) is 4.05. The third-order valence-corrected chi connectivity index (χ3v) is 1.89. The molecule has 0 aliphatic carbocycles. The van der Waals surface area contributed by atoms with Crippen molar-refractivity contribution in [1.29, 1.82) is 0 Å². The number of aliphatic hydroxyl groups excluding tert-OH is 3. The van der Waals surface area contributed by atoms with Crippen LogP contribution in [0.15, 0.2) is 12.7 Å². The monoisotopic (exact) mass is 204 g/mol. The van der Waals surface area contributed by atoms with Gasteiger partial charge in [0.25, 0.3) is 0 Å². The molecular weight excluding hydrogens is 192 g/mol. The summed E-state index contributed by atoms with van der Waals surface area (Å²) >= 11 is 0. The third-order valence-electron chi connectivity index (χ3n) is 1.89. The Hall–Kier alpha value is -0.950. The van der Waals surface area contributed by atoms with E-state index in [1.54, 1.807) is 0 Å². The number of carbonyl (C=O) groups is 1. The predicted octanol–water partition coefficient (Wildman–Crippen LogP) is -1.85. The fourth-order valence-corrected chi connectivity index (χ4v) is 1.09. The van der Waals surface area contributed by atoms with Crippen molar-refractivity contribution < 1.29 is 29.6 Å². The van der Waals surface area contributed by atoms with E-state index in [0.717, 1.165) is 6.08 Å². The maximum atomic E-state index is 10.6. The van der Waals surface area contributed by atoms with Gasteiger partial charge in [0.05, 0.1) is 0 Å². The fourth-order valence-electron chi connectivity index (χ4n) is 1.09. The number of rotatable bonds is 3. The van der Waals surface area contributed by atoms with Gasteiger partial charge in [0, 0.05) is 6.08 Å². The Morgan fingerprint density at radius 1 is 1.43 bits per heavy atom. The van der Waals surface area contributed by atoms with Gasteiger partial charge in [-0.15, -0.1) is 0 Å². The molecule has 14 heavy (non-hydrogen) atoms. The van der Waals surface area contributed by atoms with Crippen LogP contribution in [0, 0.1) is 0 Å². The molecule has 6 nitrogen and oxygen atoms in total. The maximum absolute atomic E-state index is 10.6. The zero-order chi connectivity index (χ0) is 10.7. The van der Waals surface area contributed by atoms with Gasteiger partial charge >= 0.3 is 5.97 Å². The van der Waals surface area contributed by atoms with Gasteiger partial charge in [-0.1, -0.05) is 6.58 Å². The Morgan fingerprint density at radius 3 is 2.50 bits per heavy atom. The average molecular weight is 204 g/mol. The fraction of sp³-hybridized carbons (Fsp3) is 0.625. The van der Waals surface area contributed by atoms with Crippen molar-refractivity contribution >= 4 is 5.97 Å². The molecule has 0 aromatic rings. The molecule has 0 bridgehead atoms. The van der Waals surface area contributed by atoms with Gasteiger partial charge < -0.3 is 24.8 Å². The second kappa shape index (κ2) is 4.52. The van der Waals surface area contributed by atoms with E-state index in [4.69, 9.17) is 14.9 Å². The summed E-state index contributed by atoms with van der Waals surface area (Å²) in [5, 5.41) is 27.3. The lowest BCUT2D eigenvalue weighted by Crippen LogP contribution is -2.34. The molecular formula is C8H12O6. The molecule has 0 aromatic heterocycles. The molecule has 0 radical (unpaired) electrons. The predicted molar refractivity (Wildman–Crippen MR) is 44.0 cm³/mol. The van der Waals surface area contributed by atoms with E-state index in [1.165, 1.54) is 0 Å². The van der Waals surface area contributed by atoms with Crippen molar-refractivity contribution in [3.05, 3.63) is 12.7 Å². The molecule has 0 spiro atoms. The van der Waals surface area contributed by atoms with Crippen LogP contribution in [0.3, 0.4) is 0 Å². The molecule has 1 fully saturated rings. The van der Waals surface area contributed by atoms with Crippen LogP contribution in [0.2, 0.25) is 0 Å². The molecule has 1 heterocycles. The molecule has 80 valence electrons. The maximum Gasteiger partial charge on any atom is 0.330 e. The number of carbonyl (C=O) groups excluding carboxylic acids is 1. The van der Waals surface area contributed by atoms with Crippen molar-refractivity contribution in [3.8, 4) is 0 Å². The van der Waals surface area contributed by atoms with E-state index >= 15 is 0 Å². The van der Waals surface area contributed by atoms with Crippen molar-refractivity contribution in [2.75, 3.05) is 6.61 Å². The van der Waals surface area contributed by atoms with E-state index in [0.29, 0.717) is 0 Å². The largest absolute Gasteiger partial charge is 0.460 e. The van der Waals surface area contributed by atoms with E-state index < -0.39 is 30.6 Å². The first kappa shape index (κ1) is 11.1. The molecule has 6 heteroatoms. The number of esters is 1. The van der Waals surface area contributed by atoms with E-state index in [9.17, 15) is 9.90 Å². The lowest BCUT2D eigenvalue weighted by molar-refractivity contribution is -0.153. The smallest absolute Gasteiger partial charge is 0.330 e. The summed E-state index contributed by atoms with van der Waals surface area (Å²) in [5.41, 5.74) is 0. The van der Waals surface area contributed by atoms with Crippen LogP contribution in [0.5, 0.6) is 0 Å². The first-order valence-corrected chi connectivity index (χ1v) is 4.05. The van der Waals surface area contributed by atoms with Crippen molar-refractivity contribution in [3.63, 3.8) is 0 Å². The highest BCUT2D eigenvalue weighted by Crippen LogP contribution is 2.19. The van der Waals surface area contributed by atoms with Gasteiger partial charge in [-0.3, -0.25) is 0 Å². The van der Waals surface area contributed by atoms with Crippen molar-refractivity contribution in [2.24, 2.45) is 0 Å². The standard InChI is InChI=1S/C8H12O6/c1-2-5(9)13-3-4-6(10)7(11)8(12)14-4/h2,4,6-8,10-12H,1,3H2/t4-,6-,7-,8-/m1/s1. The molecule has 3 N–H and O–H groups in total. The molecule has 1 aliphatic heterocycles. The summed E-state index contributed by atoms with van der Waals surface area (Å²) < 4.78 is 9.30. The molecule has 0 saturated carbocycles. The SMILES string of the molecule is C=CC(=O)OC[C@H]1O[C@@H](O)[C@H](O)[C@@H]1O. The molecule has 1 rings (SSSR count). The molecule has 1 saturated heterocycles.